The average Bonchev–Trinajstić information content (AvgIpc) is 3.26. The first-order chi connectivity index (χ1) is 12.3. The van der Waals surface area contributed by atoms with E-state index in [-0.39, 0.29) is 6.17 Å². The van der Waals surface area contributed by atoms with Gasteiger partial charge in [-0.15, -0.1) is 11.3 Å². The zero-order chi connectivity index (χ0) is 16.8. The predicted molar refractivity (Wildman–Crippen MR) is 101 cm³/mol. The van der Waals surface area contributed by atoms with E-state index in [9.17, 15) is 0 Å². The van der Waals surface area contributed by atoms with Gasteiger partial charge >= 0.3 is 0 Å². The molecule has 0 unspecified atom stereocenters. The van der Waals surface area contributed by atoms with Crippen LogP contribution in [0.1, 0.15) is 11.9 Å². The van der Waals surface area contributed by atoms with Gasteiger partial charge in [0.25, 0.3) is 0 Å². The molecule has 0 amide bonds. The van der Waals surface area contributed by atoms with Crippen molar-refractivity contribution >= 4 is 34.3 Å². The lowest BCUT2D eigenvalue weighted by molar-refractivity contribution is 0.612. The Bertz CT molecular complexity index is 1100. The molecule has 0 bridgehead atoms. The molecule has 1 aliphatic heterocycles. The van der Waals surface area contributed by atoms with Gasteiger partial charge in [0, 0.05) is 10.9 Å². The molecular formula is C18H14N6S. The summed E-state index contributed by atoms with van der Waals surface area (Å²) in [6.07, 6.45) is -0.322. The summed E-state index contributed by atoms with van der Waals surface area (Å²) in [5.41, 5.74) is 9.84. The average molecular weight is 346 g/mol. The number of guanidine groups is 1. The first kappa shape index (κ1) is 14.2. The quantitative estimate of drug-likeness (QED) is 0.582. The van der Waals surface area contributed by atoms with Gasteiger partial charge in [0.05, 0.1) is 16.7 Å². The molecule has 1 aliphatic rings. The topological polar surface area (TPSA) is 81.1 Å². The van der Waals surface area contributed by atoms with E-state index in [1.165, 1.54) is 0 Å². The number of anilines is 1. The Hall–Kier alpha value is -3.19. The summed E-state index contributed by atoms with van der Waals surface area (Å²) in [6.45, 7) is 0. The van der Waals surface area contributed by atoms with Gasteiger partial charge < -0.3 is 5.73 Å². The molecule has 0 spiro atoms. The second-order valence-corrected chi connectivity index (χ2v) is 6.61. The van der Waals surface area contributed by atoms with Crippen LogP contribution in [-0.2, 0) is 0 Å². The van der Waals surface area contributed by atoms with Crippen molar-refractivity contribution in [1.29, 1.82) is 0 Å². The summed E-state index contributed by atoms with van der Waals surface area (Å²) >= 11 is 1.60. The van der Waals surface area contributed by atoms with E-state index < -0.39 is 0 Å². The summed E-state index contributed by atoms with van der Waals surface area (Å²) in [7, 11) is 0. The summed E-state index contributed by atoms with van der Waals surface area (Å²) < 4.78 is 2.04. The Labute approximate surface area is 147 Å². The lowest BCUT2D eigenvalue weighted by atomic mass is 10.2. The maximum absolute atomic E-state index is 5.98. The molecule has 2 aromatic heterocycles. The number of rotatable bonds is 2. The van der Waals surface area contributed by atoms with Crippen molar-refractivity contribution in [3.8, 4) is 10.6 Å². The number of hydrogen-bond acceptors (Lipinski definition) is 6. The molecule has 0 saturated carbocycles. The maximum atomic E-state index is 5.98. The number of aromatic nitrogens is 3. The van der Waals surface area contributed by atoms with Crippen LogP contribution in [0, 0.1) is 0 Å². The van der Waals surface area contributed by atoms with Crippen molar-refractivity contribution in [3.63, 3.8) is 0 Å². The molecule has 0 saturated heterocycles. The number of nitrogens with one attached hydrogen (secondary N) is 1. The Balaban J connectivity index is 1.65. The number of aliphatic imine (C=N–C) groups is 1. The first-order valence-corrected chi connectivity index (χ1v) is 8.76. The lowest BCUT2D eigenvalue weighted by Crippen LogP contribution is -2.31. The fraction of sp³-hybridized carbons (Fsp3) is 0.0556. The van der Waals surface area contributed by atoms with Crippen LogP contribution in [0.25, 0.3) is 21.6 Å². The first-order valence-electron chi connectivity index (χ1n) is 7.88. The molecule has 0 radical (unpaired) electrons. The number of hydrogen-bond donors (Lipinski definition) is 2. The van der Waals surface area contributed by atoms with Gasteiger partial charge in [0.2, 0.25) is 5.95 Å². The molecule has 1 atom stereocenters. The molecule has 3 heterocycles. The monoisotopic (exact) mass is 346 g/mol. The van der Waals surface area contributed by atoms with Gasteiger partial charge in [-0.1, -0.05) is 42.5 Å². The zero-order valence-corrected chi connectivity index (χ0v) is 13.9. The number of benzene rings is 2. The van der Waals surface area contributed by atoms with Crippen LogP contribution in [0.15, 0.2) is 65.0 Å². The molecule has 4 aromatic rings. The third-order valence-electron chi connectivity index (χ3n) is 4.15. The fourth-order valence-electron chi connectivity index (χ4n) is 3.03. The summed E-state index contributed by atoms with van der Waals surface area (Å²) in [6, 6.07) is 18.1. The second kappa shape index (κ2) is 5.42. The van der Waals surface area contributed by atoms with Crippen LogP contribution in [0.3, 0.4) is 0 Å². The van der Waals surface area contributed by atoms with Gasteiger partial charge in [-0.05, 0) is 12.1 Å². The third kappa shape index (κ3) is 2.28. The summed E-state index contributed by atoms with van der Waals surface area (Å²) in [5.74, 6) is 1.04. The molecular weight excluding hydrogens is 332 g/mol. The van der Waals surface area contributed by atoms with Crippen molar-refractivity contribution < 1.29 is 0 Å². The lowest BCUT2D eigenvalue weighted by Gasteiger charge is -2.22. The van der Waals surface area contributed by atoms with Crippen molar-refractivity contribution in [2.24, 2.45) is 10.7 Å². The SMILES string of the molecule is NC1=N[C@@H](c2csc(-c3ccccc3)n2)n2c(nc3ccccc32)N1. The molecule has 0 fully saturated rings. The maximum Gasteiger partial charge on any atom is 0.212 e. The molecule has 0 aliphatic carbocycles. The van der Waals surface area contributed by atoms with E-state index >= 15 is 0 Å². The summed E-state index contributed by atoms with van der Waals surface area (Å²) in [4.78, 5) is 14.0. The van der Waals surface area contributed by atoms with E-state index in [0.29, 0.717) is 11.9 Å². The molecule has 2 aromatic carbocycles. The van der Waals surface area contributed by atoms with Crippen LogP contribution in [0.5, 0.6) is 0 Å². The minimum absolute atomic E-state index is 0.322. The largest absolute Gasteiger partial charge is 0.370 e. The predicted octanol–water partition coefficient (Wildman–Crippen LogP) is 3.45. The molecule has 5 rings (SSSR count). The van der Waals surface area contributed by atoms with E-state index in [2.05, 4.69) is 27.4 Å². The van der Waals surface area contributed by atoms with Crippen molar-refractivity contribution in [1.82, 2.24) is 14.5 Å². The number of fused-ring (bicyclic) bond motifs is 3. The van der Waals surface area contributed by atoms with Gasteiger partial charge in [0.15, 0.2) is 12.1 Å². The van der Waals surface area contributed by atoms with E-state index in [1.54, 1.807) is 11.3 Å². The third-order valence-corrected chi connectivity index (χ3v) is 5.06. The van der Waals surface area contributed by atoms with Crippen LogP contribution in [0.2, 0.25) is 0 Å². The van der Waals surface area contributed by atoms with Gasteiger partial charge in [0.1, 0.15) is 5.01 Å². The van der Waals surface area contributed by atoms with Gasteiger partial charge in [-0.2, -0.15) is 0 Å². The highest BCUT2D eigenvalue weighted by Crippen LogP contribution is 2.34. The minimum atomic E-state index is -0.322. The number of nitrogens with zero attached hydrogens (tertiary/aromatic N) is 4. The van der Waals surface area contributed by atoms with E-state index in [0.717, 1.165) is 27.3 Å². The van der Waals surface area contributed by atoms with Crippen LogP contribution in [0.4, 0.5) is 5.95 Å². The number of thiazole rings is 1. The second-order valence-electron chi connectivity index (χ2n) is 5.75. The van der Waals surface area contributed by atoms with Crippen molar-refractivity contribution in [3.05, 3.63) is 65.7 Å². The number of imidazole rings is 1. The van der Waals surface area contributed by atoms with Crippen LogP contribution in [-0.4, -0.2) is 20.5 Å². The van der Waals surface area contributed by atoms with E-state index in [1.807, 2.05) is 52.4 Å². The summed E-state index contributed by atoms with van der Waals surface area (Å²) in [5, 5.41) is 6.04. The zero-order valence-electron chi connectivity index (χ0n) is 13.1. The van der Waals surface area contributed by atoms with E-state index in [4.69, 9.17) is 10.7 Å². The Morgan fingerprint density at radius 1 is 1.00 bits per heavy atom. The highest BCUT2D eigenvalue weighted by Gasteiger charge is 2.26. The highest BCUT2D eigenvalue weighted by atomic mass is 32.1. The van der Waals surface area contributed by atoms with Crippen molar-refractivity contribution in [2.45, 2.75) is 6.17 Å². The van der Waals surface area contributed by atoms with Crippen molar-refractivity contribution in [2.75, 3.05) is 5.32 Å². The molecule has 122 valence electrons. The fourth-order valence-corrected chi connectivity index (χ4v) is 3.87. The van der Waals surface area contributed by atoms with Gasteiger partial charge in [-0.3, -0.25) is 9.88 Å². The molecule has 25 heavy (non-hydrogen) atoms. The Morgan fingerprint density at radius 2 is 1.80 bits per heavy atom. The van der Waals surface area contributed by atoms with Gasteiger partial charge in [-0.25, -0.2) is 15.0 Å². The Kier molecular flexibility index (Phi) is 3.07. The Morgan fingerprint density at radius 3 is 2.68 bits per heavy atom. The van der Waals surface area contributed by atoms with Crippen LogP contribution >= 0.6 is 11.3 Å². The molecule has 6 nitrogen and oxygen atoms in total. The normalized spacial score (nSPS) is 16.3. The number of nitrogens with two attached hydrogens (primary N) is 1. The highest BCUT2D eigenvalue weighted by molar-refractivity contribution is 7.13. The van der Waals surface area contributed by atoms with Crippen LogP contribution < -0.4 is 11.1 Å². The smallest absolute Gasteiger partial charge is 0.212 e. The molecule has 7 heteroatoms. The molecule has 3 N–H and O–H groups in total. The minimum Gasteiger partial charge on any atom is -0.370 e. The standard InChI is InChI=1S/C18H14N6S/c19-17-22-15(13-10-25-16(20-13)11-6-2-1-3-7-11)24-14-9-5-4-8-12(14)21-18(24)23-17/h1-10,15H,(H3,19,21,22,23)/t15-/m1/s1. The number of para-hydroxylation sites is 2.